The molecule has 1 aromatic carbocycles. The fourth-order valence-electron chi connectivity index (χ4n) is 7.05. The zero-order chi connectivity index (χ0) is 21.9. The van der Waals surface area contributed by atoms with Gasteiger partial charge >= 0.3 is 0 Å². The summed E-state index contributed by atoms with van der Waals surface area (Å²) >= 11 is 0. The summed E-state index contributed by atoms with van der Waals surface area (Å²) in [5.41, 5.74) is 3.14. The van der Waals surface area contributed by atoms with Crippen LogP contribution in [0.25, 0.3) is 0 Å². The number of methoxy groups -OCH3 is 1. The molecule has 6 atom stereocenters. The van der Waals surface area contributed by atoms with Gasteiger partial charge in [0.15, 0.2) is 0 Å². The van der Waals surface area contributed by atoms with Crippen molar-refractivity contribution in [1.82, 2.24) is 0 Å². The van der Waals surface area contributed by atoms with Gasteiger partial charge in [0, 0.05) is 0 Å². The topological polar surface area (TPSA) is 29.5 Å². The van der Waals surface area contributed by atoms with Crippen LogP contribution in [0.4, 0.5) is 0 Å². The summed E-state index contributed by atoms with van der Waals surface area (Å²) in [4.78, 5) is 0. The van der Waals surface area contributed by atoms with Crippen LogP contribution in [0.2, 0.25) is 0 Å². The zero-order valence-electron chi connectivity index (χ0n) is 20.4. The van der Waals surface area contributed by atoms with Gasteiger partial charge in [0.2, 0.25) is 0 Å². The monoisotopic (exact) mass is 414 g/mol. The van der Waals surface area contributed by atoms with Gasteiger partial charge in [0.05, 0.1) is 13.2 Å². The lowest BCUT2D eigenvalue weighted by Crippen LogP contribution is -2.45. The highest BCUT2D eigenvalue weighted by Gasteiger charge is 2.54. The van der Waals surface area contributed by atoms with Crippen LogP contribution >= 0.6 is 0 Å². The summed E-state index contributed by atoms with van der Waals surface area (Å²) in [6.07, 6.45) is 11.0. The van der Waals surface area contributed by atoms with Crippen molar-refractivity contribution in [2.75, 3.05) is 7.11 Å². The highest BCUT2D eigenvalue weighted by atomic mass is 16.5. The first-order valence-corrected chi connectivity index (χ1v) is 12.6. The predicted octanol–water partition coefficient (Wildman–Crippen LogP) is 7.20. The van der Waals surface area contributed by atoms with Gasteiger partial charge in [-0.05, 0) is 104 Å². The second-order valence-corrected chi connectivity index (χ2v) is 11.2. The minimum Gasteiger partial charge on any atom is -0.497 e. The van der Waals surface area contributed by atoms with E-state index in [1.54, 1.807) is 7.11 Å². The molecule has 2 nitrogen and oxygen atoms in total. The number of benzene rings is 1. The number of fused-ring (bicyclic) bond motifs is 1. The molecule has 0 amide bonds. The first kappa shape index (κ1) is 23.6. The summed E-state index contributed by atoms with van der Waals surface area (Å²) < 4.78 is 5.45. The molecule has 1 N–H and O–H groups in total. The van der Waals surface area contributed by atoms with Crippen LogP contribution < -0.4 is 4.74 Å². The molecule has 2 fully saturated rings. The largest absolute Gasteiger partial charge is 0.497 e. The van der Waals surface area contributed by atoms with Crippen molar-refractivity contribution in [1.29, 1.82) is 0 Å². The predicted molar refractivity (Wildman–Crippen MR) is 127 cm³/mol. The molecule has 3 rings (SSSR count). The average Bonchev–Trinajstić information content (AvgIpc) is 3.05. The molecule has 0 saturated heterocycles. The highest BCUT2D eigenvalue weighted by Crippen LogP contribution is 2.60. The van der Waals surface area contributed by atoms with Crippen LogP contribution in [0.1, 0.15) is 90.2 Å². The maximum Gasteiger partial charge on any atom is 0.119 e. The lowest BCUT2D eigenvalue weighted by atomic mass is 9.57. The summed E-state index contributed by atoms with van der Waals surface area (Å²) in [6.45, 7) is 12.0. The Morgan fingerprint density at radius 3 is 2.60 bits per heavy atom. The van der Waals surface area contributed by atoms with E-state index in [-0.39, 0.29) is 6.10 Å². The van der Waals surface area contributed by atoms with Crippen molar-refractivity contribution >= 4 is 0 Å². The fourth-order valence-corrected chi connectivity index (χ4v) is 7.05. The van der Waals surface area contributed by atoms with Gasteiger partial charge in [0.25, 0.3) is 0 Å². The van der Waals surface area contributed by atoms with Gasteiger partial charge in [-0.2, -0.15) is 0 Å². The zero-order valence-corrected chi connectivity index (χ0v) is 20.4. The molecule has 1 aromatic rings. The Morgan fingerprint density at radius 2 is 1.90 bits per heavy atom. The minimum atomic E-state index is -0.121. The quantitative estimate of drug-likeness (QED) is 0.463. The standard InChI is InChI=1S/C28H46O2/c1-19(2)8-7-9-21(4)25-14-15-26-24(27(29)16-17-28(25,26)5)13-11-22-18-23(30-6)12-10-20(22)3/h10,12,18-19,21,24-27,29H,7-9,11,13-17H2,1-6H3/t21-,24+,25-,26+,27-,28-/m1/s1. The lowest BCUT2D eigenvalue weighted by Gasteiger charge is -2.49. The Morgan fingerprint density at radius 1 is 1.13 bits per heavy atom. The Balaban J connectivity index is 1.67. The normalized spacial score (nSPS) is 32.3. The van der Waals surface area contributed by atoms with Gasteiger partial charge in [-0.1, -0.05) is 53.0 Å². The summed E-state index contributed by atoms with van der Waals surface area (Å²) in [6, 6.07) is 6.41. The number of aliphatic hydroxyl groups excluding tert-OH is 1. The van der Waals surface area contributed by atoms with E-state index >= 15 is 0 Å². The molecule has 2 heteroatoms. The number of ether oxygens (including phenoxy) is 1. The van der Waals surface area contributed by atoms with E-state index in [1.165, 1.54) is 49.7 Å². The van der Waals surface area contributed by atoms with E-state index in [1.807, 2.05) is 6.07 Å². The van der Waals surface area contributed by atoms with Crippen molar-refractivity contribution in [2.45, 2.75) is 98.5 Å². The number of aryl methyl sites for hydroxylation is 2. The molecular weight excluding hydrogens is 368 g/mol. The SMILES string of the molecule is COc1ccc(C)c(CC[C@@H]2[C@H](O)CC[C@]3(C)[C@@H]([C@H](C)CCCC(C)C)CC[C@@H]23)c1. The molecule has 170 valence electrons. The molecule has 0 radical (unpaired) electrons. The van der Waals surface area contributed by atoms with Crippen molar-refractivity contribution in [3.05, 3.63) is 29.3 Å². The second kappa shape index (κ2) is 10.1. The summed E-state index contributed by atoms with van der Waals surface area (Å²) in [5.74, 6) is 4.55. The van der Waals surface area contributed by atoms with Gasteiger partial charge in [-0.15, -0.1) is 0 Å². The fraction of sp³-hybridized carbons (Fsp3) is 0.786. The molecular formula is C28H46O2. The average molecular weight is 415 g/mol. The van der Waals surface area contributed by atoms with Crippen molar-refractivity contribution in [2.24, 2.45) is 35.0 Å². The van der Waals surface area contributed by atoms with Crippen molar-refractivity contribution in [3.8, 4) is 5.75 Å². The van der Waals surface area contributed by atoms with Gasteiger partial charge in [0.1, 0.15) is 5.75 Å². The molecule has 0 aromatic heterocycles. The van der Waals surface area contributed by atoms with Gasteiger partial charge in [-0.3, -0.25) is 0 Å². The van der Waals surface area contributed by atoms with Crippen LogP contribution in [-0.2, 0) is 6.42 Å². The Hall–Kier alpha value is -1.02. The molecule has 0 aliphatic heterocycles. The van der Waals surface area contributed by atoms with E-state index in [4.69, 9.17) is 4.74 Å². The smallest absolute Gasteiger partial charge is 0.119 e. The van der Waals surface area contributed by atoms with E-state index in [0.717, 1.165) is 42.8 Å². The van der Waals surface area contributed by atoms with E-state index in [2.05, 4.69) is 46.8 Å². The van der Waals surface area contributed by atoms with E-state index < -0.39 is 0 Å². The molecule has 0 unspecified atom stereocenters. The lowest BCUT2D eigenvalue weighted by molar-refractivity contribution is -0.0529. The number of rotatable bonds is 9. The molecule has 0 bridgehead atoms. The molecule has 2 aliphatic carbocycles. The molecule has 2 aliphatic rings. The van der Waals surface area contributed by atoms with E-state index in [0.29, 0.717) is 17.3 Å². The van der Waals surface area contributed by atoms with Crippen LogP contribution in [-0.4, -0.2) is 18.3 Å². The number of hydrogen-bond acceptors (Lipinski definition) is 2. The Kier molecular flexibility index (Phi) is 7.93. The van der Waals surface area contributed by atoms with Crippen LogP contribution in [0.3, 0.4) is 0 Å². The Labute approximate surface area is 185 Å². The molecule has 0 heterocycles. The first-order chi connectivity index (χ1) is 14.3. The molecule has 0 spiro atoms. The maximum absolute atomic E-state index is 11.0. The highest BCUT2D eigenvalue weighted by molar-refractivity contribution is 5.35. The molecule has 2 saturated carbocycles. The van der Waals surface area contributed by atoms with Crippen molar-refractivity contribution in [3.63, 3.8) is 0 Å². The van der Waals surface area contributed by atoms with E-state index in [9.17, 15) is 5.11 Å². The first-order valence-electron chi connectivity index (χ1n) is 12.6. The summed E-state index contributed by atoms with van der Waals surface area (Å²) in [5, 5.41) is 11.0. The van der Waals surface area contributed by atoms with Crippen molar-refractivity contribution < 1.29 is 9.84 Å². The maximum atomic E-state index is 11.0. The third kappa shape index (κ3) is 5.06. The summed E-state index contributed by atoms with van der Waals surface area (Å²) in [7, 11) is 1.74. The van der Waals surface area contributed by atoms with Crippen LogP contribution in [0.15, 0.2) is 18.2 Å². The Bertz CT molecular complexity index is 681. The minimum absolute atomic E-state index is 0.121. The number of aliphatic hydroxyl groups is 1. The number of hydrogen-bond donors (Lipinski definition) is 1. The third-order valence-electron chi connectivity index (χ3n) is 8.90. The van der Waals surface area contributed by atoms with Gasteiger partial charge < -0.3 is 9.84 Å². The molecule has 30 heavy (non-hydrogen) atoms. The second-order valence-electron chi connectivity index (χ2n) is 11.2. The van der Waals surface area contributed by atoms with Gasteiger partial charge in [-0.25, -0.2) is 0 Å². The third-order valence-corrected chi connectivity index (χ3v) is 8.90. The van der Waals surface area contributed by atoms with Crippen LogP contribution in [0.5, 0.6) is 5.75 Å². The van der Waals surface area contributed by atoms with Crippen LogP contribution in [0, 0.1) is 41.9 Å².